The highest BCUT2D eigenvalue weighted by molar-refractivity contribution is 8.00. The van der Waals surface area contributed by atoms with E-state index in [1.165, 1.54) is 11.8 Å². The van der Waals surface area contributed by atoms with Gasteiger partial charge in [0.2, 0.25) is 5.91 Å². The highest BCUT2D eigenvalue weighted by Gasteiger charge is 2.09. The first kappa shape index (κ1) is 17.4. The van der Waals surface area contributed by atoms with E-state index in [1.807, 2.05) is 36.4 Å². The fourth-order valence-electron chi connectivity index (χ4n) is 2.30. The molecule has 2 nitrogen and oxygen atoms in total. The summed E-state index contributed by atoms with van der Waals surface area (Å²) in [5.74, 6) is 0.146. The summed E-state index contributed by atoms with van der Waals surface area (Å²) in [6.07, 6.45) is 0. The van der Waals surface area contributed by atoms with Crippen LogP contribution in [0.3, 0.4) is 0 Å². The molecule has 1 N–H and O–H groups in total. The second kappa shape index (κ2) is 7.66. The molecule has 0 saturated heterocycles. The van der Waals surface area contributed by atoms with E-state index in [4.69, 9.17) is 34.8 Å². The van der Waals surface area contributed by atoms with E-state index in [0.29, 0.717) is 20.8 Å². The number of thioether (sulfide) groups is 1. The van der Waals surface area contributed by atoms with Crippen LogP contribution in [-0.4, -0.2) is 11.7 Å². The van der Waals surface area contributed by atoms with Crippen LogP contribution in [0.15, 0.2) is 59.5 Å². The molecule has 0 unspecified atom stereocenters. The van der Waals surface area contributed by atoms with Gasteiger partial charge in [0.15, 0.2) is 0 Å². The van der Waals surface area contributed by atoms with Gasteiger partial charge in [0.25, 0.3) is 0 Å². The molecule has 0 spiro atoms. The highest BCUT2D eigenvalue weighted by Crippen LogP contribution is 2.33. The molecule has 0 aliphatic heterocycles. The maximum Gasteiger partial charge on any atom is 0.234 e. The van der Waals surface area contributed by atoms with Gasteiger partial charge in [-0.15, -0.1) is 11.8 Å². The van der Waals surface area contributed by atoms with Crippen molar-refractivity contribution in [1.29, 1.82) is 0 Å². The molecule has 3 aromatic carbocycles. The minimum absolute atomic E-state index is 0.123. The van der Waals surface area contributed by atoms with Crippen molar-refractivity contribution < 1.29 is 4.79 Å². The van der Waals surface area contributed by atoms with E-state index in [1.54, 1.807) is 18.2 Å². The molecule has 1 amide bonds. The van der Waals surface area contributed by atoms with E-state index in [9.17, 15) is 4.79 Å². The number of anilines is 1. The third-order valence-corrected chi connectivity index (χ3v) is 5.49. The summed E-state index contributed by atoms with van der Waals surface area (Å²) in [5.41, 5.74) is 0.617. The van der Waals surface area contributed by atoms with Crippen LogP contribution in [0.1, 0.15) is 0 Å². The van der Waals surface area contributed by atoms with Gasteiger partial charge in [-0.1, -0.05) is 59.1 Å². The summed E-state index contributed by atoms with van der Waals surface area (Å²) in [6.45, 7) is 0. The van der Waals surface area contributed by atoms with Crippen LogP contribution in [0.4, 0.5) is 5.69 Å². The Morgan fingerprint density at radius 3 is 2.42 bits per heavy atom. The number of amides is 1. The largest absolute Gasteiger partial charge is 0.325 e. The van der Waals surface area contributed by atoms with Crippen LogP contribution < -0.4 is 5.32 Å². The highest BCUT2D eigenvalue weighted by atomic mass is 35.5. The van der Waals surface area contributed by atoms with E-state index >= 15 is 0 Å². The van der Waals surface area contributed by atoms with Gasteiger partial charge >= 0.3 is 0 Å². The predicted octanol–water partition coefficient (Wildman–Crippen LogP) is 6.53. The van der Waals surface area contributed by atoms with Gasteiger partial charge in [-0.05, 0) is 35.7 Å². The number of fused-ring (bicyclic) bond motifs is 1. The zero-order valence-electron chi connectivity index (χ0n) is 12.4. The molecule has 0 aliphatic carbocycles. The average Bonchev–Trinajstić information content (AvgIpc) is 2.56. The van der Waals surface area contributed by atoms with Crippen molar-refractivity contribution in [2.45, 2.75) is 4.90 Å². The van der Waals surface area contributed by atoms with Crippen molar-refractivity contribution in [1.82, 2.24) is 0 Å². The maximum atomic E-state index is 12.2. The number of carbonyl (C=O) groups excluding carboxylic acids is 1. The van der Waals surface area contributed by atoms with Crippen LogP contribution in [0, 0.1) is 0 Å². The Morgan fingerprint density at radius 1 is 0.917 bits per heavy atom. The molecule has 0 radical (unpaired) electrons. The van der Waals surface area contributed by atoms with Crippen molar-refractivity contribution >= 4 is 68.9 Å². The molecule has 6 heteroatoms. The summed E-state index contributed by atoms with van der Waals surface area (Å²) in [7, 11) is 0. The van der Waals surface area contributed by atoms with Crippen LogP contribution >= 0.6 is 46.6 Å². The molecule has 0 heterocycles. The normalized spacial score (nSPS) is 10.8. The Balaban J connectivity index is 1.71. The van der Waals surface area contributed by atoms with Gasteiger partial charge in [-0.2, -0.15) is 0 Å². The lowest BCUT2D eigenvalue weighted by Gasteiger charge is -2.09. The lowest BCUT2D eigenvalue weighted by atomic mass is 10.1. The summed E-state index contributed by atoms with van der Waals surface area (Å²) in [4.78, 5) is 13.1. The molecule has 24 heavy (non-hydrogen) atoms. The van der Waals surface area contributed by atoms with E-state index in [0.717, 1.165) is 15.7 Å². The van der Waals surface area contributed by atoms with Crippen LogP contribution in [0.25, 0.3) is 10.8 Å². The van der Waals surface area contributed by atoms with Crippen LogP contribution in [0.2, 0.25) is 15.1 Å². The molecule has 0 aliphatic rings. The molecule has 0 fully saturated rings. The minimum Gasteiger partial charge on any atom is -0.325 e. The third kappa shape index (κ3) is 3.98. The smallest absolute Gasteiger partial charge is 0.234 e. The van der Waals surface area contributed by atoms with Gasteiger partial charge < -0.3 is 5.32 Å². The number of halogens is 3. The van der Waals surface area contributed by atoms with Crippen molar-refractivity contribution in [3.63, 3.8) is 0 Å². The first-order chi connectivity index (χ1) is 11.5. The number of nitrogens with one attached hydrogen (secondary N) is 1. The molecule has 0 bridgehead atoms. The van der Waals surface area contributed by atoms with Gasteiger partial charge in [0.1, 0.15) is 0 Å². The van der Waals surface area contributed by atoms with Gasteiger partial charge in [-0.3, -0.25) is 4.79 Å². The van der Waals surface area contributed by atoms with Gasteiger partial charge in [0.05, 0.1) is 15.8 Å². The van der Waals surface area contributed by atoms with Gasteiger partial charge in [-0.25, -0.2) is 0 Å². The summed E-state index contributed by atoms with van der Waals surface area (Å²) < 4.78 is 0. The zero-order chi connectivity index (χ0) is 17.1. The summed E-state index contributed by atoms with van der Waals surface area (Å²) in [5, 5.41) is 6.37. The zero-order valence-corrected chi connectivity index (χ0v) is 15.4. The monoisotopic (exact) mass is 395 g/mol. The first-order valence-corrected chi connectivity index (χ1v) is 9.21. The second-order valence-electron chi connectivity index (χ2n) is 5.06. The number of hydrogen-bond acceptors (Lipinski definition) is 2. The lowest BCUT2D eigenvalue weighted by Crippen LogP contribution is -2.13. The van der Waals surface area contributed by atoms with Crippen LogP contribution in [-0.2, 0) is 4.79 Å². The third-order valence-electron chi connectivity index (χ3n) is 3.38. The number of hydrogen-bond donors (Lipinski definition) is 1. The molecular weight excluding hydrogens is 385 g/mol. The number of rotatable bonds is 4. The van der Waals surface area contributed by atoms with E-state index in [2.05, 4.69) is 5.32 Å². The molecule has 0 saturated carbocycles. The molecule has 0 aromatic heterocycles. The Labute approximate surface area is 159 Å². The predicted molar refractivity (Wildman–Crippen MR) is 105 cm³/mol. The van der Waals surface area contributed by atoms with Gasteiger partial charge in [0, 0.05) is 21.0 Å². The lowest BCUT2D eigenvalue weighted by molar-refractivity contribution is -0.113. The van der Waals surface area contributed by atoms with Crippen molar-refractivity contribution in [2.75, 3.05) is 11.1 Å². The van der Waals surface area contributed by atoms with Crippen LogP contribution in [0.5, 0.6) is 0 Å². The fraction of sp³-hybridized carbons (Fsp3) is 0.0556. The fourth-order valence-corrected chi connectivity index (χ4v) is 3.84. The molecular formula is C18H12Cl3NOS. The first-order valence-electron chi connectivity index (χ1n) is 7.09. The minimum atomic E-state index is -0.123. The van der Waals surface area contributed by atoms with Crippen molar-refractivity contribution in [3.8, 4) is 0 Å². The Hall–Kier alpha value is -1.39. The molecule has 3 rings (SSSR count). The standard InChI is InChI=1S/C18H12Cl3NOS/c19-13-8-7-12(9-15(13)21)22-17(23)10-24-16-6-2-4-11-3-1-5-14(20)18(11)16/h1-9H,10H2,(H,22,23). The maximum absolute atomic E-state index is 12.2. The average molecular weight is 397 g/mol. The molecule has 3 aromatic rings. The number of benzene rings is 3. The number of carbonyl (C=O) groups is 1. The SMILES string of the molecule is O=C(CSc1cccc2cccc(Cl)c12)Nc1ccc(Cl)c(Cl)c1. The Bertz CT molecular complexity index is 909. The van der Waals surface area contributed by atoms with Crippen molar-refractivity contribution in [2.24, 2.45) is 0 Å². The van der Waals surface area contributed by atoms with E-state index < -0.39 is 0 Å². The molecule has 122 valence electrons. The quantitative estimate of drug-likeness (QED) is 0.508. The summed E-state index contributed by atoms with van der Waals surface area (Å²) in [6, 6.07) is 16.7. The summed E-state index contributed by atoms with van der Waals surface area (Å²) >= 11 is 19.6. The molecule has 0 atom stereocenters. The Morgan fingerprint density at radius 2 is 1.67 bits per heavy atom. The topological polar surface area (TPSA) is 29.1 Å². The van der Waals surface area contributed by atoms with E-state index in [-0.39, 0.29) is 11.7 Å². The Kier molecular flexibility index (Phi) is 5.57. The second-order valence-corrected chi connectivity index (χ2v) is 7.30. The van der Waals surface area contributed by atoms with Crippen molar-refractivity contribution in [3.05, 3.63) is 69.7 Å².